The highest BCUT2D eigenvalue weighted by molar-refractivity contribution is 9.10. The summed E-state index contributed by atoms with van der Waals surface area (Å²) in [6.07, 6.45) is 1.40. The molecule has 0 aliphatic rings. The highest BCUT2D eigenvalue weighted by atomic mass is 79.9. The van der Waals surface area contributed by atoms with E-state index in [4.69, 9.17) is 13.9 Å². The number of amides is 1. The first kappa shape index (κ1) is 19.1. The number of rotatable bonds is 8. The van der Waals surface area contributed by atoms with Crippen LogP contribution in [0, 0.1) is 5.92 Å². The summed E-state index contributed by atoms with van der Waals surface area (Å²) in [4.78, 5) is 24.3. The van der Waals surface area contributed by atoms with Gasteiger partial charge in [0.1, 0.15) is 25.0 Å². The number of esters is 1. The van der Waals surface area contributed by atoms with Crippen molar-refractivity contribution >= 4 is 27.8 Å². The topological polar surface area (TPSA) is 77.8 Å². The molecule has 2 rings (SSSR count). The number of furan rings is 1. The van der Waals surface area contributed by atoms with Gasteiger partial charge in [0.05, 0.1) is 6.26 Å². The first-order valence-corrected chi connectivity index (χ1v) is 8.66. The molecule has 7 heteroatoms. The van der Waals surface area contributed by atoms with Gasteiger partial charge in [-0.2, -0.15) is 0 Å². The Bertz CT molecular complexity index is 699. The van der Waals surface area contributed by atoms with Crippen molar-refractivity contribution in [2.24, 2.45) is 5.92 Å². The number of halogens is 1. The maximum Gasteiger partial charge on any atom is 0.329 e. The molecule has 1 heterocycles. The van der Waals surface area contributed by atoms with Gasteiger partial charge >= 0.3 is 5.97 Å². The molecule has 0 aliphatic carbocycles. The second kappa shape index (κ2) is 9.27. The summed E-state index contributed by atoms with van der Waals surface area (Å²) in [7, 11) is 0. The van der Waals surface area contributed by atoms with Gasteiger partial charge in [0, 0.05) is 4.47 Å². The van der Waals surface area contributed by atoms with Crippen molar-refractivity contribution in [3.63, 3.8) is 0 Å². The fraction of sp³-hybridized carbons (Fsp3) is 0.333. The van der Waals surface area contributed by atoms with E-state index in [0.717, 1.165) is 4.47 Å². The zero-order valence-corrected chi connectivity index (χ0v) is 15.6. The number of ether oxygens (including phenoxy) is 2. The van der Waals surface area contributed by atoms with Crippen LogP contribution in [0.3, 0.4) is 0 Å². The Kier molecular flexibility index (Phi) is 7.06. The van der Waals surface area contributed by atoms with Crippen LogP contribution in [0.25, 0.3) is 0 Å². The summed E-state index contributed by atoms with van der Waals surface area (Å²) in [6, 6.07) is 9.76. The summed E-state index contributed by atoms with van der Waals surface area (Å²) < 4.78 is 16.7. The van der Waals surface area contributed by atoms with E-state index in [1.165, 1.54) is 12.3 Å². The Labute approximate surface area is 154 Å². The zero-order chi connectivity index (χ0) is 18.2. The fourth-order valence-electron chi connectivity index (χ4n) is 2.07. The van der Waals surface area contributed by atoms with E-state index in [-0.39, 0.29) is 24.9 Å². The van der Waals surface area contributed by atoms with Crippen LogP contribution < -0.4 is 10.1 Å². The number of carbonyl (C=O) groups excluding carboxylic acids is 2. The smallest absolute Gasteiger partial charge is 0.329 e. The van der Waals surface area contributed by atoms with Crippen molar-refractivity contribution in [3.8, 4) is 5.75 Å². The monoisotopic (exact) mass is 409 g/mol. The standard InChI is InChI=1S/C18H20BrNO5/c1-12(2)16(20-17(21)15-7-4-8-24-15)18(22)25-10-9-23-14-6-3-5-13(19)11-14/h3-8,11-12,16H,9-10H2,1-2H3,(H,20,21). The Hall–Kier alpha value is -2.28. The van der Waals surface area contributed by atoms with Crippen LogP contribution in [0.2, 0.25) is 0 Å². The van der Waals surface area contributed by atoms with Gasteiger partial charge in [-0.15, -0.1) is 0 Å². The average Bonchev–Trinajstić information content (AvgIpc) is 3.10. The van der Waals surface area contributed by atoms with Crippen LogP contribution in [0.1, 0.15) is 24.4 Å². The lowest BCUT2D eigenvalue weighted by Gasteiger charge is -2.20. The van der Waals surface area contributed by atoms with Crippen molar-refractivity contribution < 1.29 is 23.5 Å². The van der Waals surface area contributed by atoms with Crippen LogP contribution in [0.15, 0.2) is 51.6 Å². The predicted octanol–water partition coefficient (Wildman–Crippen LogP) is 3.42. The molecular formula is C18H20BrNO5. The van der Waals surface area contributed by atoms with Gasteiger partial charge in [-0.1, -0.05) is 35.8 Å². The predicted molar refractivity (Wildman–Crippen MR) is 95.4 cm³/mol. The third kappa shape index (κ3) is 5.94. The molecule has 0 bridgehead atoms. The molecule has 1 amide bonds. The largest absolute Gasteiger partial charge is 0.490 e. The minimum Gasteiger partial charge on any atom is -0.490 e. The van der Waals surface area contributed by atoms with Crippen molar-refractivity contribution in [1.82, 2.24) is 5.32 Å². The molecule has 0 spiro atoms. The van der Waals surface area contributed by atoms with E-state index in [2.05, 4.69) is 21.2 Å². The number of hydrogen-bond acceptors (Lipinski definition) is 5. The molecule has 1 atom stereocenters. The van der Waals surface area contributed by atoms with Crippen molar-refractivity contribution in [3.05, 3.63) is 52.9 Å². The van der Waals surface area contributed by atoms with Crippen LogP contribution in [0.5, 0.6) is 5.75 Å². The van der Waals surface area contributed by atoms with Gasteiger partial charge in [-0.3, -0.25) is 4.79 Å². The second-order valence-corrected chi connectivity index (χ2v) is 6.56. The Morgan fingerprint density at radius 1 is 1.20 bits per heavy atom. The van der Waals surface area contributed by atoms with Gasteiger partial charge < -0.3 is 19.2 Å². The Morgan fingerprint density at radius 2 is 2.00 bits per heavy atom. The second-order valence-electron chi connectivity index (χ2n) is 5.65. The van der Waals surface area contributed by atoms with Gasteiger partial charge in [-0.05, 0) is 36.2 Å². The summed E-state index contributed by atoms with van der Waals surface area (Å²) >= 11 is 3.36. The lowest BCUT2D eigenvalue weighted by molar-refractivity contribution is -0.147. The minimum atomic E-state index is -0.761. The molecule has 25 heavy (non-hydrogen) atoms. The van der Waals surface area contributed by atoms with Crippen molar-refractivity contribution in [2.75, 3.05) is 13.2 Å². The zero-order valence-electron chi connectivity index (χ0n) is 14.0. The molecule has 1 aromatic heterocycles. The molecule has 2 aromatic rings. The summed E-state index contributed by atoms with van der Waals surface area (Å²) in [6.45, 7) is 3.96. The quantitative estimate of drug-likeness (QED) is 0.533. The van der Waals surface area contributed by atoms with Crippen molar-refractivity contribution in [2.45, 2.75) is 19.9 Å². The lowest BCUT2D eigenvalue weighted by atomic mass is 10.0. The average molecular weight is 410 g/mol. The van der Waals surface area contributed by atoms with E-state index in [1.54, 1.807) is 6.07 Å². The third-order valence-electron chi connectivity index (χ3n) is 3.34. The van der Waals surface area contributed by atoms with E-state index in [9.17, 15) is 9.59 Å². The van der Waals surface area contributed by atoms with Crippen LogP contribution in [-0.2, 0) is 9.53 Å². The third-order valence-corrected chi connectivity index (χ3v) is 3.84. The maximum atomic E-state index is 12.2. The minimum absolute atomic E-state index is 0.0885. The van der Waals surface area contributed by atoms with Crippen LogP contribution in [-0.4, -0.2) is 31.1 Å². The Morgan fingerprint density at radius 3 is 2.64 bits per heavy atom. The van der Waals surface area contributed by atoms with E-state index in [0.29, 0.717) is 5.75 Å². The summed E-state index contributed by atoms with van der Waals surface area (Å²) in [5, 5.41) is 2.63. The molecule has 1 unspecified atom stereocenters. The lowest BCUT2D eigenvalue weighted by Crippen LogP contribution is -2.45. The molecule has 0 radical (unpaired) electrons. The van der Waals surface area contributed by atoms with Gasteiger partial charge in [0.2, 0.25) is 0 Å². The van der Waals surface area contributed by atoms with E-state index < -0.39 is 17.9 Å². The molecule has 134 valence electrons. The van der Waals surface area contributed by atoms with E-state index in [1.807, 2.05) is 38.1 Å². The molecule has 0 fully saturated rings. The molecule has 0 saturated carbocycles. The molecule has 1 aromatic carbocycles. The number of nitrogens with one attached hydrogen (secondary N) is 1. The number of carbonyl (C=O) groups is 2. The summed E-state index contributed by atoms with van der Waals surface area (Å²) in [5.74, 6) is -0.260. The highest BCUT2D eigenvalue weighted by Crippen LogP contribution is 2.17. The molecule has 6 nitrogen and oxygen atoms in total. The van der Waals surface area contributed by atoms with E-state index >= 15 is 0 Å². The first-order chi connectivity index (χ1) is 12.0. The highest BCUT2D eigenvalue weighted by Gasteiger charge is 2.26. The van der Waals surface area contributed by atoms with Gasteiger partial charge in [0.25, 0.3) is 5.91 Å². The molecular weight excluding hydrogens is 390 g/mol. The van der Waals surface area contributed by atoms with Gasteiger partial charge in [0.15, 0.2) is 5.76 Å². The SMILES string of the molecule is CC(C)C(NC(=O)c1ccco1)C(=O)OCCOc1cccc(Br)c1. The van der Waals surface area contributed by atoms with Crippen LogP contribution in [0.4, 0.5) is 0 Å². The number of hydrogen-bond donors (Lipinski definition) is 1. The van der Waals surface area contributed by atoms with Crippen LogP contribution >= 0.6 is 15.9 Å². The maximum absolute atomic E-state index is 12.2. The van der Waals surface area contributed by atoms with Crippen molar-refractivity contribution in [1.29, 1.82) is 0 Å². The summed E-state index contributed by atoms with van der Waals surface area (Å²) in [5.41, 5.74) is 0. The number of benzene rings is 1. The molecule has 1 N–H and O–H groups in total. The molecule has 0 saturated heterocycles. The first-order valence-electron chi connectivity index (χ1n) is 7.86. The Balaban J connectivity index is 1.80. The fourth-order valence-corrected chi connectivity index (χ4v) is 2.44. The normalized spacial score (nSPS) is 11.8. The molecule has 0 aliphatic heterocycles. The van der Waals surface area contributed by atoms with Gasteiger partial charge in [-0.25, -0.2) is 4.79 Å².